The number of halogens is 1. The lowest BCUT2D eigenvalue weighted by molar-refractivity contribution is 0.202. The lowest BCUT2D eigenvalue weighted by Crippen LogP contribution is -2.41. The molecule has 3 rings (SSSR count). The van der Waals surface area contributed by atoms with Crippen LogP contribution in [0.1, 0.15) is 37.7 Å². The molecule has 0 spiro atoms. The predicted molar refractivity (Wildman–Crippen MR) is 89.6 cm³/mol. The number of fused-ring (bicyclic) bond motifs is 1. The van der Waals surface area contributed by atoms with Gasteiger partial charge in [0.25, 0.3) is 0 Å². The summed E-state index contributed by atoms with van der Waals surface area (Å²) >= 11 is 11.3. The van der Waals surface area contributed by atoms with Crippen molar-refractivity contribution in [1.29, 1.82) is 0 Å². The predicted octanol–water partition coefficient (Wildman–Crippen LogP) is 3.99. The van der Waals surface area contributed by atoms with Crippen LogP contribution in [0.25, 0.3) is 0 Å². The first kappa shape index (κ1) is 14.2. The number of piperidine rings is 1. The summed E-state index contributed by atoms with van der Waals surface area (Å²) in [6.45, 7) is 2.32. The highest BCUT2D eigenvalue weighted by molar-refractivity contribution is 7.80. The maximum Gasteiger partial charge on any atom is 0.105 e. The van der Waals surface area contributed by atoms with Crippen LogP contribution in [-0.4, -0.2) is 18.1 Å². The molecule has 108 valence electrons. The fourth-order valence-corrected chi connectivity index (χ4v) is 4.25. The Morgan fingerprint density at radius 2 is 1.95 bits per heavy atom. The largest absolute Gasteiger partial charge is 0.389 e. The molecule has 4 heteroatoms. The van der Waals surface area contributed by atoms with Crippen LogP contribution in [0, 0.1) is 11.8 Å². The fraction of sp³-hybridized carbons (Fsp3) is 0.562. The third-order valence-electron chi connectivity index (χ3n) is 4.87. The van der Waals surface area contributed by atoms with E-state index in [0.717, 1.165) is 23.9 Å². The molecule has 2 atom stereocenters. The molecule has 0 amide bonds. The molecule has 0 radical (unpaired) electrons. The van der Waals surface area contributed by atoms with Crippen LogP contribution in [0.15, 0.2) is 18.2 Å². The second-order valence-corrected chi connectivity index (χ2v) is 6.91. The standard InChI is InChI=1S/C16H21ClN2S/c17-15-9-13(5-6-14(15)16(18)20)19-8-7-11-3-1-2-4-12(11)10-19/h5-6,9,11-12H,1-4,7-8,10H2,(H2,18,20). The summed E-state index contributed by atoms with van der Waals surface area (Å²) in [4.78, 5) is 2.84. The van der Waals surface area contributed by atoms with Crippen molar-refractivity contribution < 1.29 is 0 Å². The van der Waals surface area contributed by atoms with Crippen LogP contribution in [-0.2, 0) is 0 Å². The van der Waals surface area contributed by atoms with Crippen LogP contribution in [0.4, 0.5) is 5.69 Å². The molecule has 2 aliphatic rings. The van der Waals surface area contributed by atoms with Crippen molar-refractivity contribution in [2.45, 2.75) is 32.1 Å². The van der Waals surface area contributed by atoms with Gasteiger partial charge in [-0.05, 0) is 42.9 Å². The number of hydrogen-bond donors (Lipinski definition) is 1. The first-order valence-electron chi connectivity index (χ1n) is 7.49. The van der Waals surface area contributed by atoms with E-state index < -0.39 is 0 Å². The number of benzene rings is 1. The molecule has 20 heavy (non-hydrogen) atoms. The zero-order chi connectivity index (χ0) is 14.1. The van der Waals surface area contributed by atoms with E-state index in [1.165, 1.54) is 44.3 Å². The molecule has 1 saturated carbocycles. The number of rotatable bonds is 2. The molecule has 1 aromatic rings. The normalized spacial score (nSPS) is 26.1. The number of nitrogens with two attached hydrogens (primary N) is 1. The van der Waals surface area contributed by atoms with Gasteiger partial charge < -0.3 is 10.6 Å². The number of hydrogen-bond acceptors (Lipinski definition) is 2. The molecule has 1 heterocycles. The molecule has 1 aliphatic heterocycles. The highest BCUT2D eigenvalue weighted by Crippen LogP contribution is 2.38. The topological polar surface area (TPSA) is 29.3 Å². The maximum absolute atomic E-state index is 6.29. The van der Waals surface area contributed by atoms with Gasteiger partial charge in [0.2, 0.25) is 0 Å². The maximum atomic E-state index is 6.29. The van der Waals surface area contributed by atoms with E-state index in [1.54, 1.807) is 0 Å². The highest BCUT2D eigenvalue weighted by atomic mass is 35.5. The minimum absolute atomic E-state index is 0.368. The minimum atomic E-state index is 0.368. The molecule has 0 bridgehead atoms. The second kappa shape index (κ2) is 5.90. The van der Waals surface area contributed by atoms with Gasteiger partial charge in [-0.15, -0.1) is 0 Å². The number of anilines is 1. The van der Waals surface area contributed by atoms with Crippen LogP contribution >= 0.6 is 23.8 Å². The number of thiocarbonyl (C=S) groups is 1. The lowest BCUT2D eigenvalue weighted by Gasteiger charge is -2.42. The Hall–Kier alpha value is -0.800. The molecule has 2 unspecified atom stereocenters. The van der Waals surface area contributed by atoms with Crippen molar-refractivity contribution in [2.75, 3.05) is 18.0 Å². The van der Waals surface area contributed by atoms with Gasteiger partial charge in [-0.3, -0.25) is 0 Å². The van der Waals surface area contributed by atoms with E-state index in [-0.39, 0.29) is 0 Å². The zero-order valence-electron chi connectivity index (χ0n) is 11.6. The Labute approximate surface area is 131 Å². The molecule has 1 aliphatic carbocycles. The Morgan fingerprint density at radius 1 is 1.20 bits per heavy atom. The van der Waals surface area contributed by atoms with Crippen molar-refractivity contribution >= 4 is 34.5 Å². The first-order chi connectivity index (χ1) is 9.65. The van der Waals surface area contributed by atoms with E-state index in [1.807, 2.05) is 12.1 Å². The molecule has 1 saturated heterocycles. The third kappa shape index (κ3) is 2.79. The fourth-order valence-electron chi connectivity index (χ4n) is 3.74. The van der Waals surface area contributed by atoms with Gasteiger partial charge in [-0.25, -0.2) is 0 Å². The van der Waals surface area contributed by atoms with Crippen LogP contribution in [0.2, 0.25) is 5.02 Å². The van der Waals surface area contributed by atoms with Gasteiger partial charge in [0, 0.05) is 24.3 Å². The SMILES string of the molecule is NC(=S)c1ccc(N2CCC3CCCCC3C2)cc1Cl. The average molecular weight is 309 g/mol. The summed E-state index contributed by atoms with van der Waals surface area (Å²) in [5.74, 6) is 1.82. The molecule has 2 nitrogen and oxygen atoms in total. The minimum Gasteiger partial charge on any atom is -0.389 e. The Kier molecular flexibility index (Phi) is 4.18. The second-order valence-electron chi connectivity index (χ2n) is 6.07. The molecule has 2 N–H and O–H groups in total. The van der Waals surface area contributed by atoms with Gasteiger partial charge in [-0.2, -0.15) is 0 Å². The average Bonchev–Trinajstić information content (AvgIpc) is 2.46. The third-order valence-corrected chi connectivity index (χ3v) is 5.41. The highest BCUT2D eigenvalue weighted by Gasteiger charge is 2.31. The van der Waals surface area contributed by atoms with Crippen molar-refractivity contribution in [3.8, 4) is 0 Å². The molecular weight excluding hydrogens is 288 g/mol. The summed E-state index contributed by atoms with van der Waals surface area (Å²) in [7, 11) is 0. The smallest absolute Gasteiger partial charge is 0.105 e. The quantitative estimate of drug-likeness (QED) is 0.838. The van der Waals surface area contributed by atoms with Gasteiger partial charge in [0.1, 0.15) is 4.99 Å². The molecule has 1 aromatic carbocycles. The van der Waals surface area contributed by atoms with Crippen molar-refractivity contribution in [2.24, 2.45) is 17.6 Å². The van der Waals surface area contributed by atoms with Gasteiger partial charge in [0.05, 0.1) is 5.02 Å². The van der Waals surface area contributed by atoms with Crippen molar-refractivity contribution in [3.05, 3.63) is 28.8 Å². The van der Waals surface area contributed by atoms with Crippen molar-refractivity contribution in [3.63, 3.8) is 0 Å². The van der Waals surface area contributed by atoms with Crippen LogP contribution in [0.5, 0.6) is 0 Å². The van der Waals surface area contributed by atoms with Gasteiger partial charge in [0.15, 0.2) is 0 Å². The summed E-state index contributed by atoms with van der Waals surface area (Å²) < 4.78 is 0. The monoisotopic (exact) mass is 308 g/mol. The molecular formula is C16H21ClN2S. The van der Waals surface area contributed by atoms with E-state index in [0.29, 0.717) is 10.0 Å². The number of nitrogens with zero attached hydrogens (tertiary/aromatic N) is 1. The van der Waals surface area contributed by atoms with Crippen LogP contribution < -0.4 is 10.6 Å². The van der Waals surface area contributed by atoms with Crippen LogP contribution in [0.3, 0.4) is 0 Å². The Balaban J connectivity index is 1.76. The zero-order valence-corrected chi connectivity index (χ0v) is 13.2. The Morgan fingerprint density at radius 3 is 2.65 bits per heavy atom. The van der Waals surface area contributed by atoms with Gasteiger partial charge in [-0.1, -0.05) is 43.1 Å². The summed E-state index contributed by atoms with van der Waals surface area (Å²) in [5, 5.41) is 0.667. The lowest BCUT2D eigenvalue weighted by atomic mass is 9.75. The van der Waals surface area contributed by atoms with Gasteiger partial charge >= 0.3 is 0 Å². The van der Waals surface area contributed by atoms with Crippen molar-refractivity contribution in [1.82, 2.24) is 0 Å². The molecule has 2 fully saturated rings. The summed E-state index contributed by atoms with van der Waals surface area (Å²) in [6, 6.07) is 6.07. The van der Waals surface area contributed by atoms with E-state index in [4.69, 9.17) is 29.6 Å². The first-order valence-corrected chi connectivity index (χ1v) is 8.28. The Bertz CT molecular complexity index is 517. The van der Waals surface area contributed by atoms with E-state index in [2.05, 4.69) is 11.0 Å². The summed E-state index contributed by atoms with van der Waals surface area (Å²) in [6.07, 6.45) is 6.96. The molecule has 0 aromatic heterocycles. The van der Waals surface area contributed by atoms with E-state index in [9.17, 15) is 0 Å². The summed E-state index contributed by atoms with van der Waals surface area (Å²) in [5.41, 5.74) is 7.65. The van der Waals surface area contributed by atoms with E-state index >= 15 is 0 Å².